The van der Waals surface area contributed by atoms with Crippen LogP contribution in [0.15, 0.2) is 12.7 Å². The lowest BCUT2D eigenvalue weighted by Gasteiger charge is -2.15. The normalized spacial score (nSPS) is 15.6. The molecule has 0 bridgehead atoms. The summed E-state index contributed by atoms with van der Waals surface area (Å²) < 4.78 is 9.92. The fourth-order valence-electron chi connectivity index (χ4n) is 0.924. The van der Waals surface area contributed by atoms with Crippen molar-refractivity contribution in [1.82, 2.24) is 0 Å². The molecule has 0 saturated carbocycles. The summed E-state index contributed by atoms with van der Waals surface area (Å²) >= 11 is 0. The van der Waals surface area contributed by atoms with Crippen LogP contribution in [0, 0.1) is 0 Å². The number of rotatable bonds is 7. The molecule has 0 aliphatic heterocycles. The topological polar surface area (TPSA) is 38.7 Å². The Balaban J connectivity index is 3.39. The average Bonchev–Trinajstić information content (AvgIpc) is 2.01. The van der Waals surface area contributed by atoms with E-state index in [4.69, 9.17) is 9.47 Å². The van der Waals surface area contributed by atoms with Crippen molar-refractivity contribution in [3.8, 4) is 0 Å². The standard InChI is InChI=1S/C9H18O3/c1-4-5-9(10)6-8(2)12-7-11-3/h4,8-10H,1,5-7H2,2-3H3/t8-,9-/m0/s1. The quantitative estimate of drug-likeness (QED) is 0.467. The second kappa shape index (κ2) is 7.28. The van der Waals surface area contributed by atoms with Crippen LogP contribution in [-0.2, 0) is 9.47 Å². The summed E-state index contributed by atoms with van der Waals surface area (Å²) in [6.07, 6.45) is 2.61. The van der Waals surface area contributed by atoms with E-state index in [0.717, 1.165) is 0 Å². The van der Waals surface area contributed by atoms with Crippen LogP contribution in [0.25, 0.3) is 0 Å². The molecule has 0 aromatic rings. The lowest BCUT2D eigenvalue weighted by Crippen LogP contribution is -2.18. The SMILES string of the molecule is C=CC[C@H](O)C[C@H](C)OCOC. The fraction of sp³-hybridized carbons (Fsp3) is 0.778. The molecule has 0 aliphatic carbocycles. The molecule has 0 aromatic heterocycles. The Morgan fingerprint density at radius 3 is 2.75 bits per heavy atom. The van der Waals surface area contributed by atoms with Crippen molar-refractivity contribution in [1.29, 1.82) is 0 Å². The van der Waals surface area contributed by atoms with Gasteiger partial charge in [0.05, 0.1) is 12.2 Å². The molecule has 0 fully saturated rings. The van der Waals surface area contributed by atoms with E-state index in [2.05, 4.69) is 6.58 Å². The van der Waals surface area contributed by atoms with E-state index in [1.165, 1.54) is 0 Å². The number of hydrogen-bond donors (Lipinski definition) is 1. The molecule has 72 valence electrons. The molecule has 0 radical (unpaired) electrons. The van der Waals surface area contributed by atoms with Gasteiger partial charge in [-0.2, -0.15) is 0 Å². The Morgan fingerprint density at radius 1 is 1.58 bits per heavy atom. The summed E-state index contributed by atoms with van der Waals surface area (Å²) in [6, 6.07) is 0. The molecular formula is C9H18O3. The third kappa shape index (κ3) is 6.34. The van der Waals surface area contributed by atoms with Crippen LogP contribution in [0.1, 0.15) is 19.8 Å². The highest BCUT2D eigenvalue weighted by atomic mass is 16.7. The molecule has 0 amide bonds. The van der Waals surface area contributed by atoms with E-state index in [1.807, 2.05) is 6.92 Å². The first kappa shape index (κ1) is 11.6. The van der Waals surface area contributed by atoms with Gasteiger partial charge in [-0.25, -0.2) is 0 Å². The molecule has 0 heterocycles. The first-order valence-corrected chi connectivity index (χ1v) is 4.10. The first-order valence-electron chi connectivity index (χ1n) is 4.10. The number of aliphatic hydroxyl groups is 1. The van der Waals surface area contributed by atoms with Crippen molar-refractivity contribution in [3.63, 3.8) is 0 Å². The molecule has 3 heteroatoms. The highest BCUT2D eigenvalue weighted by Gasteiger charge is 2.08. The molecule has 0 aliphatic rings. The third-order valence-corrected chi connectivity index (χ3v) is 1.51. The van der Waals surface area contributed by atoms with Crippen molar-refractivity contribution < 1.29 is 14.6 Å². The summed E-state index contributed by atoms with van der Waals surface area (Å²) in [7, 11) is 1.58. The summed E-state index contributed by atoms with van der Waals surface area (Å²) in [6.45, 7) is 5.73. The largest absolute Gasteiger partial charge is 0.393 e. The minimum atomic E-state index is -0.352. The van der Waals surface area contributed by atoms with E-state index in [1.54, 1.807) is 13.2 Å². The summed E-state index contributed by atoms with van der Waals surface area (Å²) in [5, 5.41) is 9.33. The maximum Gasteiger partial charge on any atom is 0.146 e. The predicted octanol–water partition coefficient (Wildman–Crippen LogP) is 1.32. The first-order chi connectivity index (χ1) is 5.70. The van der Waals surface area contributed by atoms with Gasteiger partial charge in [0, 0.05) is 7.11 Å². The lowest BCUT2D eigenvalue weighted by molar-refractivity contribution is -0.0770. The van der Waals surface area contributed by atoms with E-state index in [9.17, 15) is 5.11 Å². The van der Waals surface area contributed by atoms with E-state index in [0.29, 0.717) is 12.8 Å². The van der Waals surface area contributed by atoms with E-state index < -0.39 is 0 Å². The minimum absolute atomic E-state index is 0.0277. The van der Waals surface area contributed by atoms with Crippen molar-refractivity contribution >= 4 is 0 Å². The molecule has 0 spiro atoms. The molecule has 0 rings (SSSR count). The third-order valence-electron chi connectivity index (χ3n) is 1.51. The zero-order valence-corrected chi connectivity index (χ0v) is 7.82. The van der Waals surface area contributed by atoms with Gasteiger partial charge >= 0.3 is 0 Å². The van der Waals surface area contributed by atoms with Gasteiger partial charge in [0.25, 0.3) is 0 Å². The highest BCUT2D eigenvalue weighted by molar-refractivity contribution is 4.73. The highest BCUT2D eigenvalue weighted by Crippen LogP contribution is 2.05. The van der Waals surface area contributed by atoms with Crippen LogP contribution in [0.4, 0.5) is 0 Å². The number of ether oxygens (including phenoxy) is 2. The zero-order valence-electron chi connectivity index (χ0n) is 7.82. The van der Waals surface area contributed by atoms with Crippen molar-refractivity contribution in [2.45, 2.75) is 32.0 Å². The Kier molecular flexibility index (Phi) is 7.05. The Hall–Kier alpha value is -0.380. The lowest BCUT2D eigenvalue weighted by atomic mass is 10.1. The molecule has 1 N–H and O–H groups in total. The smallest absolute Gasteiger partial charge is 0.146 e. The van der Waals surface area contributed by atoms with Gasteiger partial charge in [0.2, 0.25) is 0 Å². The maximum atomic E-state index is 9.33. The predicted molar refractivity (Wildman–Crippen MR) is 47.9 cm³/mol. The molecule has 0 saturated heterocycles. The number of aliphatic hydroxyl groups excluding tert-OH is 1. The zero-order chi connectivity index (χ0) is 9.40. The molecule has 12 heavy (non-hydrogen) atoms. The maximum absolute atomic E-state index is 9.33. The Morgan fingerprint density at radius 2 is 2.25 bits per heavy atom. The Bertz CT molecular complexity index is 114. The van der Waals surface area contributed by atoms with Gasteiger partial charge < -0.3 is 14.6 Å². The van der Waals surface area contributed by atoms with E-state index in [-0.39, 0.29) is 19.0 Å². The van der Waals surface area contributed by atoms with Crippen LogP contribution in [0.3, 0.4) is 0 Å². The summed E-state index contributed by atoms with van der Waals surface area (Å²) in [5.74, 6) is 0. The van der Waals surface area contributed by atoms with Crippen LogP contribution in [-0.4, -0.2) is 31.2 Å². The van der Waals surface area contributed by atoms with Gasteiger partial charge in [0.1, 0.15) is 6.79 Å². The van der Waals surface area contributed by atoms with Crippen LogP contribution < -0.4 is 0 Å². The second-order valence-corrected chi connectivity index (χ2v) is 2.80. The summed E-state index contributed by atoms with van der Waals surface area (Å²) in [4.78, 5) is 0. The van der Waals surface area contributed by atoms with Gasteiger partial charge in [-0.15, -0.1) is 6.58 Å². The van der Waals surface area contributed by atoms with E-state index >= 15 is 0 Å². The average molecular weight is 174 g/mol. The molecule has 2 atom stereocenters. The molecule has 0 unspecified atom stereocenters. The van der Waals surface area contributed by atoms with Crippen molar-refractivity contribution in [3.05, 3.63) is 12.7 Å². The molecular weight excluding hydrogens is 156 g/mol. The van der Waals surface area contributed by atoms with Crippen molar-refractivity contribution in [2.24, 2.45) is 0 Å². The van der Waals surface area contributed by atoms with Gasteiger partial charge in [0.15, 0.2) is 0 Å². The monoisotopic (exact) mass is 174 g/mol. The second-order valence-electron chi connectivity index (χ2n) is 2.80. The van der Waals surface area contributed by atoms with Gasteiger partial charge in [-0.3, -0.25) is 0 Å². The molecule has 0 aromatic carbocycles. The van der Waals surface area contributed by atoms with Gasteiger partial charge in [-0.05, 0) is 19.8 Å². The minimum Gasteiger partial charge on any atom is -0.393 e. The van der Waals surface area contributed by atoms with Crippen LogP contribution in [0.5, 0.6) is 0 Å². The number of hydrogen-bond acceptors (Lipinski definition) is 3. The number of methoxy groups -OCH3 is 1. The van der Waals surface area contributed by atoms with Crippen LogP contribution in [0.2, 0.25) is 0 Å². The van der Waals surface area contributed by atoms with Crippen LogP contribution >= 0.6 is 0 Å². The van der Waals surface area contributed by atoms with Gasteiger partial charge in [-0.1, -0.05) is 6.08 Å². The fourth-order valence-corrected chi connectivity index (χ4v) is 0.924. The molecule has 3 nitrogen and oxygen atoms in total. The Labute approximate surface area is 74.0 Å². The summed E-state index contributed by atoms with van der Waals surface area (Å²) in [5.41, 5.74) is 0. The van der Waals surface area contributed by atoms with Crippen molar-refractivity contribution in [2.75, 3.05) is 13.9 Å².